The molecule has 29 heavy (non-hydrogen) atoms. The van der Waals surface area contributed by atoms with Crippen molar-refractivity contribution in [2.24, 2.45) is 4.99 Å². The third-order valence-electron chi connectivity index (χ3n) is 3.87. The summed E-state index contributed by atoms with van der Waals surface area (Å²) < 4.78 is 5.81. The van der Waals surface area contributed by atoms with Crippen molar-refractivity contribution in [1.29, 1.82) is 0 Å². The first kappa shape index (κ1) is 22.3. The van der Waals surface area contributed by atoms with Crippen molar-refractivity contribution in [2.45, 2.75) is 46.4 Å². The lowest BCUT2D eigenvalue weighted by molar-refractivity contribution is -0.121. The minimum atomic E-state index is -0.251. The molecule has 0 atom stereocenters. The number of nitrogens with zero attached hydrogens (tertiary/aromatic N) is 1. The van der Waals surface area contributed by atoms with Gasteiger partial charge in [-0.15, -0.1) is 0 Å². The zero-order chi connectivity index (χ0) is 21.1. The smallest absolute Gasteiger partial charge is 0.239 e. The lowest BCUT2D eigenvalue weighted by Crippen LogP contribution is -2.48. The van der Waals surface area contributed by atoms with Crippen LogP contribution >= 0.6 is 0 Å². The number of amides is 1. The Morgan fingerprint density at radius 2 is 1.66 bits per heavy atom. The Balaban J connectivity index is 1.85. The van der Waals surface area contributed by atoms with Crippen molar-refractivity contribution in [3.63, 3.8) is 0 Å². The first-order chi connectivity index (χ1) is 13.9. The van der Waals surface area contributed by atoms with Crippen LogP contribution in [0.3, 0.4) is 0 Å². The molecule has 0 saturated carbocycles. The van der Waals surface area contributed by atoms with Gasteiger partial charge in [0.25, 0.3) is 0 Å². The van der Waals surface area contributed by atoms with Gasteiger partial charge < -0.3 is 20.7 Å². The predicted molar refractivity (Wildman–Crippen MR) is 118 cm³/mol. The van der Waals surface area contributed by atoms with Gasteiger partial charge >= 0.3 is 0 Å². The molecule has 0 aromatic heterocycles. The largest absolute Gasteiger partial charge is 0.489 e. The molecule has 6 nitrogen and oxygen atoms in total. The van der Waals surface area contributed by atoms with Gasteiger partial charge in [0.2, 0.25) is 5.91 Å². The second-order valence-corrected chi connectivity index (χ2v) is 7.77. The van der Waals surface area contributed by atoms with E-state index in [2.05, 4.69) is 20.9 Å². The highest BCUT2D eigenvalue weighted by Gasteiger charge is 2.13. The van der Waals surface area contributed by atoms with Crippen LogP contribution in [0.1, 0.15) is 38.8 Å². The van der Waals surface area contributed by atoms with Crippen LogP contribution in [0.15, 0.2) is 59.6 Å². The number of benzene rings is 2. The summed E-state index contributed by atoms with van der Waals surface area (Å²) in [7, 11) is 0. The van der Waals surface area contributed by atoms with E-state index >= 15 is 0 Å². The van der Waals surface area contributed by atoms with E-state index in [9.17, 15) is 4.79 Å². The first-order valence-corrected chi connectivity index (χ1v) is 9.94. The van der Waals surface area contributed by atoms with Crippen LogP contribution in [-0.4, -0.2) is 30.5 Å². The number of hydrogen-bond donors (Lipinski definition) is 3. The van der Waals surface area contributed by atoms with Crippen LogP contribution in [0.5, 0.6) is 5.75 Å². The molecule has 0 unspecified atom stereocenters. The minimum Gasteiger partial charge on any atom is -0.489 e. The summed E-state index contributed by atoms with van der Waals surface area (Å²) in [6, 6.07) is 18.0. The van der Waals surface area contributed by atoms with Crippen LogP contribution in [0, 0.1) is 0 Å². The number of aliphatic imine (C=N–C) groups is 1. The van der Waals surface area contributed by atoms with Gasteiger partial charge in [0, 0.05) is 12.1 Å². The number of nitrogens with one attached hydrogen (secondary N) is 3. The Hall–Kier alpha value is -3.02. The van der Waals surface area contributed by atoms with Crippen molar-refractivity contribution in [2.75, 3.05) is 13.1 Å². The zero-order valence-electron chi connectivity index (χ0n) is 17.8. The Bertz CT molecular complexity index is 781. The average molecular weight is 397 g/mol. The van der Waals surface area contributed by atoms with E-state index in [-0.39, 0.29) is 18.0 Å². The molecule has 2 rings (SSSR count). The number of carbonyl (C=O) groups is 1. The minimum absolute atomic E-state index is 0.0666. The van der Waals surface area contributed by atoms with Crippen molar-refractivity contribution in [3.05, 3.63) is 65.7 Å². The highest BCUT2D eigenvalue weighted by atomic mass is 16.5. The molecular weight excluding hydrogens is 364 g/mol. The standard InChI is InChI=1S/C23H32N4O2/c1-5-24-22(26-16-21(28)27-23(2,3)4)25-15-18-11-13-20(14-12-18)29-17-19-9-7-6-8-10-19/h6-14H,5,15-17H2,1-4H3,(H,27,28)(H2,24,25,26). The Morgan fingerprint density at radius 3 is 2.28 bits per heavy atom. The fourth-order valence-corrected chi connectivity index (χ4v) is 2.57. The summed E-state index contributed by atoms with van der Waals surface area (Å²) in [5, 5.41) is 9.14. The summed E-state index contributed by atoms with van der Waals surface area (Å²) in [5.74, 6) is 1.37. The van der Waals surface area contributed by atoms with Crippen LogP contribution in [0.25, 0.3) is 0 Å². The second-order valence-electron chi connectivity index (χ2n) is 7.77. The molecule has 156 valence electrons. The molecule has 0 bridgehead atoms. The molecule has 6 heteroatoms. The van der Waals surface area contributed by atoms with Gasteiger partial charge in [0.15, 0.2) is 5.96 Å². The highest BCUT2D eigenvalue weighted by molar-refractivity contribution is 5.86. The van der Waals surface area contributed by atoms with Gasteiger partial charge in [-0.25, -0.2) is 4.99 Å². The summed E-state index contributed by atoms with van der Waals surface area (Å²) in [6.45, 7) is 9.81. The van der Waals surface area contributed by atoms with E-state index in [1.807, 2.05) is 82.3 Å². The van der Waals surface area contributed by atoms with Gasteiger partial charge in [-0.05, 0) is 51.0 Å². The molecule has 3 N–H and O–H groups in total. The van der Waals surface area contributed by atoms with Gasteiger partial charge in [-0.3, -0.25) is 4.79 Å². The van der Waals surface area contributed by atoms with E-state index in [1.165, 1.54) is 0 Å². The highest BCUT2D eigenvalue weighted by Crippen LogP contribution is 2.14. The van der Waals surface area contributed by atoms with Gasteiger partial charge in [0.1, 0.15) is 12.4 Å². The first-order valence-electron chi connectivity index (χ1n) is 9.94. The third-order valence-corrected chi connectivity index (χ3v) is 3.87. The Morgan fingerprint density at radius 1 is 0.966 bits per heavy atom. The van der Waals surface area contributed by atoms with Gasteiger partial charge in [-0.1, -0.05) is 42.5 Å². The van der Waals surface area contributed by atoms with E-state index in [4.69, 9.17) is 4.74 Å². The van der Waals surface area contributed by atoms with Crippen LogP contribution in [0.2, 0.25) is 0 Å². The van der Waals surface area contributed by atoms with Gasteiger partial charge in [0.05, 0.1) is 13.1 Å². The predicted octanol–water partition coefficient (Wildman–Crippen LogP) is 3.24. The SMILES string of the molecule is CCNC(=NCc1ccc(OCc2ccccc2)cc1)NCC(=O)NC(C)(C)C. The molecule has 0 fully saturated rings. The average Bonchev–Trinajstić information content (AvgIpc) is 2.69. The molecule has 2 aromatic rings. The quantitative estimate of drug-likeness (QED) is 0.473. The summed E-state index contributed by atoms with van der Waals surface area (Å²) in [5.41, 5.74) is 1.95. The molecule has 0 aliphatic heterocycles. The van der Waals surface area contributed by atoms with Crippen molar-refractivity contribution in [1.82, 2.24) is 16.0 Å². The van der Waals surface area contributed by atoms with Crippen molar-refractivity contribution >= 4 is 11.9 Å². The number of ether oxygens (including phenoxy) is 1. The molecular formula is C23H32N4O2. The van der Waals surface area contributed by atoms with Crippen molar-refractivity contribution in [3.8, 4) is 5.75 Å². The van der Waals surface area contributed by atoms with Crippen molar-refractivity contribution < 1.29 is 9.53 Å². The zero-order valence-corrected chi connectivity index (χ0v) is 17.8. The maximum atomic E-state index is 12.0. The number of rotatable bonds is 8. The normalized spacial score (nSPS) is 11.7. The maximum Gasteiger partial charge on any atom is 0.239 e. The molecule has 0 aliphatic rings. The van der Waals surface area contributed by atoms with E-state index in [0.29, 0.717) is 19.1 Å². The molecule has 0 aliphatic carbocycles. The van der Waals surface area contributed by atoms with E-state index in [0.717, 1.165) is 23.4 Å². The second kappa shape index (κ2) is 11.1. The Labute approximate surface area is 173 Å². The van der Waals surface area contributed by atoms with E-state index < -0.39 is 0 Å². The fraction of sp³-hybridized carbons (Fsp3) is 0.391. The Kier molecular flexibility index (Phi) is 8.52. The lowest BCUT2D eigenvalue weighted by atomic mass is 10.1. The molecule has 2 aromatic carbocycles. The monoisotopic (exact) mass is 396 g/mol. The van der Waals surface area contributed by atoms with Gasteiger partial charge in [-0.2, -0.15) is 0 Å². The maximum absolute atomic E-state index is 12.0. The summed E-state index contributed by atoms with van der Waals surface area (Å²) >= 11 is 0. The van der Waals surface area contributed by atoms with E-state index in [1.54, 1.807) is 0 Å². The lowest BCUT2D eigenvalue weighted by Gasteiger charge is -2.21. The topological polar surface area (TPSA) is 74.8 Å². The number of guanidine groups is 1. The summed E-state index contributed by atoms with van der Waals surface area (Å²) in [6.07, 6.45) is 0. The molecule has 0 radical (unpaired) electrons. The number of hydrogen-bond acceptors (Lipinski definition) is 3. The van der Waals surface area contributed by atoms with Crippen LogP contribution < -0.4 is 20.7 Å². The fourth-order valence-electron chi connectivity index (χ4n) is 2.57. The molecule has 0 saturated heterocycles. The molecule has 0 heterocycles. The van der Waals surface area contributed by atoms with Crippen LogP contribution in [-0.2, 0) is 17.9 Å². The third kappa shape index (κ3) is 9.14. The molecule has 0 spiro atoms. The number of carbonyl (C=O) groups excluding carboxylic acids is 1. The molecule has 1 amide bonds. The summed E-state index contributed by atoms with van der Waals surface area (Å²) in [4.78, 5) is 16.5. The van der Waals surface area contributed by atoms with Crippen LogP contribution in [0.4, 0.5) is 0 Å².